The largest absolute Gasteiger partial charge is 0.453 e. The van der Waals surface area contributed by atoms with Crippen LogP contribution in [0.4, 0.5) is 10.6 Å². The average molecular weight is 413 g/mol. The Labute approximate surface area is 179 Å². The van der Waals surface area contributed by atoms with E-state index in [-0.39, 0.29) is 23.7 Å². The lowest BCUT2D eigenvalue weighted by Gasteiger charge is -2.43. The van der Waals surface area contributed by atoms with E-state index >= 15 is 0 Å². The lowest BCUT2D eigenvalue weighted by molar-refractivity contribution is -0.0407. The number of ether oxygens (including phenoxy) is 2. The van der Waals surface area contributed by atoms with Gasteiger partial charge in [0, 0.05) is 37.5 Å². The number of carbonyl (C=O) groups is 1. The Morgan fingerprint density at radius 1 is 1.30 bits per heavy atom. The number of carbonyl (C=O) groups excluding carboxylic acids is 1. The van der Waals surface area contributed by atoms with Crippen molar-refractivity contribution in [3.63, 3.8) is 0 Å². The number of pyridine rings is 1. The van der Waals surface area contributed by atoms with Crippen molar-refractivity contribution in [2.75, 3.05) is 31.6 Å². The minimum Gasteiger partial charge on any atom is -0.453 e. The summed E-state index contributed by atoms with van der Waals surface area (Å²) in [6.07, 6.45) is 2.73. The first-order valence-corrected chi connectivity index (χ1v) is 10.9. The third-order valence-corrected chi connectivity index (χ3v) is 6.61. The van der Waals surface area contributed by atoms with E-state index in [0.717, 1.165) is 41.9 Å². The Kier molecular flexibility index (Phi) is 5.39. The number of rotatable bonds is 3. The number of piperazine rings is 1. The molecule has 2 fully saturated rings. The van der Waals surface area contributed by atoms with Crippen LogP contribution in [0.15, 0.2) is 0 Å². The van der Waals surface area contributed by atoms with E-state index in [1.54, 1.807) is 0 Å². The van der Waals surface area contributed by atoms with Crippen LogP contribution < -0.4 is 4.90 Å². The SMILES string of the molecule is COC(=O)N1CCN(c2nc(C3CC3)c3c(c2C#N)CC(C)(C)OC3)C[C@H]1C(C)C. The van der Waals surface area contributed by atoms with Crippen LogP contribution in [0.1, 0.15) is 68.8 Å². The van der Waals surface area contributed by atoms with Crippen LogP contribution >= 0.6 is 0 Å². The molecule has 1 aromatic heterocycles. The second-order valence-electron chi connectivity index (χ2n) is 9.68. The number of nitrogens with zero attached hydrogens (tertiary/aromatic N) is 4. The van der Waals surface area contributed by atoms with Crippen molar-refractivity contribution in [1.29, 1.82) is 5.26 Å². The maximum Gasteiger partial charge on any atom is 0.409 e. The Hall–Kier alpha value is -2.33. The van der Waals surface area contributed by atoms with Gasteiger partial charge in [-0.2, -0.15) is 5.26 Å². The molecule has 1 saturated heterocycles. The van der Waals surface area contributed by atoms with Crippen LogP contribution in [0.5, 0.6) is 0 Å². The van der Waals surface area contributed by atoms with Gasteiger partial charge >= 0.3 is 6.09 Å². The molecule has 3 heterocycles. The van der Waals surface area contributed by atoms with Gasteiger partial charge < -0.3 is 19.3 Å². The zero-order chi connectivity index (χ0) is 21.6. The van der Waals surface area contributed by atoms with E-state index < -0.39 is 0 Å². The molecule has 1 atom stereocenters. The van der Waals surface area contributed by atoms with Crippen LogP contribution in [0, 0.1) is 17.2 Å². The fourth-order valence-corrected chi connectivity index (χ4v) is 4.74. The van der Waals surface area contributed by atoms with Gasteiger partial charge in [-0.3, -0.25) is 0 Å². The van der Waals surface area contributed by atoms with Crippen molar-refractivity contribution >= 4 is 11.9 Å². The molecular weight excluding hydrogens is 380 g/mol. The second-order valence-corrected chi connectivity index (χ2v) is 9.68. The first kappa shape index (κ1) is 20.9. The summed E-state index contributed by atoms with van der Waals surface area (Å²) >= 11 is 0. The van der Waals surface area contributed by atoms with Crippen molar-refractivity contribution in [3.8, 4) is 6.07 Å². The van der Waals surface area contributed by atoms with Gasteiger partial charge in [-0.25, -0.2) is 9.78 Å². The lowest BCUT2D eigenvalue weighted by Crippen LogP contribution is -2.57. The fourth-order valence-electron chi connectivity index (χ4n) is 4.74. The van der Waals surface area contributed by atoms with Gasteiger partial charge in [-0.1, -0.05) is 13.8 Å². The van der Waals surface area contributed by atoms with Gasteiger partial charge in [0.05, 0.1) is 36.6 Å². The molecule has 0 aromatic carbocycles. The summed E-state index contributed by atoms with van der Waals surface area (Å²) in [4.78, 5) is 21.3. The highest BCUT2D eigenvalue weighted by atomic mass is 16.5. The molecular formula is C23H32N4O3. The number of nitriles is 1. The Balaban J connectivity index is 1.75. The van der Waals surface area contributed by atoms with E-state index in [2.05, 4.69) is 38.7 Å². The molecule has 30 heavy (non-hydrogen) atoms. The fraction of sp³-hybridized carbons (Fsp3) is 0.696. The third-order valence-electron chi connectivity index (χ3n) is 6.61. The van der Waals surface area contributed by atoms with E-state index in [9.17, 15) is 10.1 Å². The summed E-state index contributed by atoms with van der Waals surface area (Å²) in [5, 5.41) is 10.1. The monoisotopic (exact) mass is 412 g/mol. The summed E-state index contributed by atoms with van der Waals surface area (Å²) in [5.41, 5.74) is 3.75. The maximum absolute atomic E-state index is 12.3. The molecule has 1 aromatic rings. The molecule has 1 amide bonds. The maximum atomic E-state index is 12.3. The van der Waals surface area contributed by atoms with Gasteiger partial charge in [0.1, 0.15) is 11.9 Å². The molecule has 4 rings (SSSR count). The van der Waals surface area contributed by atoms with Crippen molar-refractivity contribution < 1.29 is 14.3 Å². The van der Waals surface area contributed by atoms with Gasteiger partial charge in [0.25, 0.3) is 0 Å². The highest BCUT2D eigenvalue weighted by molar-refractivity contribution is 5.69. The minimum atomic E-state index is -0.290. The standard InChI is InChI=1S/C23H32N4O3/c1-14(2)19-12-26(8-9-27(19)22(28)29-5)21-17(11-24)16-10-23(3,4)30-13-18(16)20(25-21)15-6-7-15/h14-15,19H,6-10,12-13H2,1-5H3/t19-/m0/s1. The Bertz CT molecular complexity index is 885. The average Bonchev–Trinajstić information content (AvgIpc) is 3.56. The number of aromatic nitrogens is 1. The van der Waals surface area contributed by atoms with Crippen LogP contribution in [-0.2, 0) is 22.5 Å². The highest BCUT2D eigenvalue weighted by Crippen LogP contribution is 2.45. The number of hydrogen-bond donors (Lipinski definition) is 0. The zero-order valence-corrected chi connectivity index (χ0v) is 18.7. The smallest absolute Gasteiger partial charge is 0.409 e. The molecule has 0 bridgehead atoms. The van der Waals surface area contributed by atoms with Crippen LogP contribution in [0.25, 0.3) is 0 Å². The molecule has 1 aliphatic carbocycles. The number of amides is 1. The molecule has 1 saturated carbocycles. The van der Waals surface area contributed by atoms with Gasteiger partial charge in [0.15, 0.2) is 0 Å². The van der Waals surface area contributed by atoms with Gasteiger partial charge in [-0.15, -0.1) is 0 Å². The number of hydrogen-bond acceptors (Lipinski definition) is 6. The minimum absolute atomic E-state index is 0.0136. The quantitative estimate of drug-likeness (QED) is 0.755. The van der Waals surface area contributed by atoms with E-state index in [1.165, 1.54) is 7.11 Å². The molecule has 0 N–H and O–H groups in total. The summed E-state index contributed by atoms with van der Waals surface area (Å²) in [5.74, 6) is 1.53. The van der Waals surface area contributed by atoms with Crippen molar-refractivity contribution in [1.82, 2.24) is 9.88 Å². The number of anilines is 1. The molecule has 162 valence electrons. The van der Waals surface area contributed by atoms with Crippen molar-refractivity contribution in [3.05, 3.63) is 22.4 Å². The summed E-state index contributed by atoms with van der Waals surface area (Å²) < 4.78 is 11.1. The Morgan fingerprint density at radius 3 is 2.63 bits per heavy atom. The number of fused-ring (bicyclic) bond motifs is 1. The predicted molar refractivity (Wildman–Crippen MR) is 113 cm³/mol. The molecule has 7 nitrogen and oxygen atoms in total. The van der Waals surface area contributed by atoms with Gasteiger partial charge in [-0.05, 0) is 38.2 Å². The topological polar surface area (TPSA) is 78.7 Å². The first-order chi connectivity index (χ1) is 14.3. The first-order valence-electron chi connectivity index (χ1n) is 10.9. The third kappa shape index (κ3) is 3.74. The van der Waals surface area contributed by atoms with E-state index in [0.29, 0.717) is 37.7 Å². The summed E-state index contributed by atoms with van der Waals surface area (Å²) in [7, 11) is 1.43. The van der Waals surface area contributed by atoms with Crippen molar-refractivity contribution in [2.24, 2.45) is 5.92 Å². The zero-order valence-electron chi connectivity index (χ0n) is 18.7. The van der Waals surface area contributed by atoms with E-state index in [4.69, 9.17) is 14.5 Å². The Morgan fingerprint density at radius 2 is 2.03 bits per heavy atom. The van der Waals surface area contributed by atoms with Crippen molar-refractivity contribution in [2.45, 2.75) is 71.1 Å². The normalized spacial score (nSPS) is 23.2. The van der Waals surface area contributed by atoms with Crippen LogP contribution in [0.2, 0.25) is 0 Å². The molecule has 0 radical (unpaired) electrons. The molecule has 0 unspecified atom stereocenters. The van der Waals surface area contributed by atoms with Crippen LogP contribution in [-0.4, -0.2) is 54.4 Å². The second kappa shape index (κ2) is 7.73. The molecule has 7 heteroatoms. The van der Waals surface area contributed by atoms with Crippen LogP contribution in [0.3, 0.4) is 0 Å². The summed E-state index contributed by atoms with van der Waals surface area (Å²) in [6, 6.07) is 2.48. The predicted octanol–water partition coefficient (Wildman–Crippen LogP) is 3.59. The van der Waals surface area contributed by atoms with Gasteiger partial charge in [0.2, 0.25) is 0 Å². The summed E-state index contributed by atoms with van der Waals surface area (Å²) in [6.45, 7) is 10.8. The van der Waals surface area contributed by atoms with E-state index in [1.807, 2.05) is 4.90 Å². The molecule has 3 aliphatic rings. The molecule has 0 spiro atoms. The lowest BCUT2D eigenvalue weighted by atomic mass is 9.87. The number of methoxy groups -OCH3 is 1. The molecule has 2 aliphatic heterocycles. The highest BCUT2D eigenvalue weighted by Gasteiger charge is 2.39.